The Bertz CT molecular complexity index is 422. The molecule has 0 amide bonds. The van der Waals surface area contributed by atoms with Crippen molar-refractivity contribution in [2.45, 2.75) is 25.4 Å². The Morgan fingerprint density at radius 3 is 2.26 bits per heavy atom. The highest BCUT2D eigenvalue weighted by Gasteiger charge is 2.35. The lowest BCUT2D eigenvalue weighted by atomic mass is 10.1. The SMILES string of the molecule is COC(OC)C(C)Nc1c(Cl)cccc1C(F)(F)F. The number of alkyl halides is 3. The van der Waals surface area contributed by atoms with Crippen LogP contribution >= 0.6 is 11.6 Å². The molecule has 0 aromatic heterocycles. The molecule has 0 heterocycles. The Hall–Kier alpha value is -0.980. The van der Waals surface area contributed by atoms with Gasteiger partial charge >= 0.3 is 6.18 Å². The molecule has 1 atom stereocenters. The number of nitrogens with one attached hydrogen (secondary N) is 1. The van der Waals surface area contributed by atoms with Gasteiger partial charge in [-0.25, -0.2) is 0 Å². The monoisotopic (exact) mass is 297 g/mol. The quantitative estimate of drug-likeness (QED) is 0.839. The largest absolute Gasteiger partial charge is 0.418 e. The van der Waals surface area contributed by atoms with Crippen molar-refractivity contribution in [1.82, 2.24) is 0 Å². The van der Waals surface area contributed by atoms with Gasteiger partial charge in [-0.05, 0) is 19.1 Å². The van der Waals surface area contributed by atoms with Crippen LogP contribution in [0, 0.1) is 0 Å². The van der Waals surface area contributed by atoms with Gasteiger partial charge in [-0.15, -0.1) is 0 Å². The number of benzene rings is 1. The zero-order chi connectivity index (χ0) is 14.6. The van der Waals surface area contributed by atoms with Gasteiger partial charge < -0.3 is 14.8 Å². The fourth-order valence-electron chi connectivity index (χ4n) is 1.71. The van der Waals surface area contributed by atoms with E-state index in [1.54, 1.807) is 6.92 Å². The minimum atomic E-state index is -4.48. The van der Waals surface area contributed by atoms with Crippen LogP contribution in [0.1, 0.15) is 12.5 Å². The van der Waals surface area contributed by atoms with Crippen molar-refractivity contribution in [3.8, 4) is 0 Å². The van der Waals surface area contributed by atoms with Crippen LogP contribution in [0.15, 0.2) is 18.2 Å². The fraction of sp³-hybridized carbons (Fsp3) is 0.500. The standard InChI is InChI=1S/C12H15ClF3NO2/c1-7(11(18-2)19-3)17-10-8(12(14,15)16)5-4-6-9(10)13/h4-7,11,17H,1-3H3. The second-order valence-corrected chi connectivity index (χ2v) is 4.34. The van der Waals surface area contributed by atoms with Crippen molar-refractivity contribution in [3.05, 3.63) is 28.8 Å². The van der Waals surface area contributed by atoms with Gasteiger partial charge in [0.05, 0.1) is 22.3 Å². The summed E-state index contributed by atoms with van der Waals surface area (Å²) in [5.41, 5.74) is -0.999. The molecule has 108 valence electrons. The molecule has 7 heteroatoms. The molecule has 19 heavy (non-hydrogen) atoms. The number of ether oxygens (including phenoxy) is 2. The molecule has 3 nitrogen and oxygen atoms in total. The summed E-state index contributed by atoms with van der Waals surface area (Å²) >= 11 is 5.83. The van der Waals surface area contributed by atoms with E-state index in [1.807, 2.05) is 0 Å². The smallest absolute Gasteiger partial charge is 0.376 e. The first-order valence-electron chi connectivity index (χ1n) is 5.49. The summed E-state index contributed by atoms with van der Waals surface area (Å²) in [4.78, 5) is 0. The van der Waals surface area contributed by atoms with Crippen LogP contribution in [0.4, 0.5) is 18.9 Å². The highest BCUT2D eigenvalue weighted by Crippen LogP contribution is 2.38. The molecule has 0 radical (unpaired) electrons. The molecule has 0 aliphatic rings. The van der Waals surface area contributed by atoms with E-state index in [1.165, 1.54) is 26.4 Å². The number of rotatable bonds is 5. The molecule has 0 bridgehead atoms. The Morgan fingerprint density at radius 2 is 1.79 bits per heavy atom. The Kier molecular flexibility index (Phi) is 5.46. The summed E-state index contributed by atoms with van der Waals surface area (Å²) in [6.45, 7) is 1.64. The molecule has 0 saturated heterocycles. The maximum Gasteiger partial charge on any atom is 0.418 e. The summed E-state index contributed by atoms with van der Waals surface area (Å²) in [5, 5.41) is 2.68. The molecule has 0 aliphatic carbocycles. The van der Waals surface area contributed by atoms with E-state index in [9.17, 15) is 13.2 Å². The topological polar surface area (TPSA) is 30.5 Å². The fourth-order valence-corrected chi connectivity index (χ4v) is 1.94. The number of halogens is 4. The summed E-state index contributed by atoms with van der Waals surface area (Å²) in [6, 6.07) is 3.11. The molecular weight excluding hydrogens is 283 g/mol. The average molecular weight is 298 g/mol. The van der Waals surface area contributed by atoms with E-state index in [0.717, 1.165) is 6.07 Å². The Balaban J connectivity index is 3.06. The number of hydrogen-bond donors (Lipinski definition) is 1. The van der Waals surface area contributed by atoms with Crippen LogP contribution in [0.5, 0.6) is 0 Å². The average Bonchev–Trinajstić information content (AvgIpc) is 2.32. The van der Waals surface area contributed by atoms with Crippen molar-refractivity contribution < 1.29 is 22.6 Å². The van der Waals surface area contributed by atoms with Crippen LogP contribution in [-0.4, -0.2) is 26.6 Å². The third kappa shape index (κ3) is 3.99. The van der Waals surface area contributed by atoms with Gasteiger partial charge in [-0.2, -0.15) is 13.2 Å². The van der Waals surface area contributed by atoms with Crippen molar-refractivity contribution >= 4 is 17.3 Å². The van der Waals surface area contributed by atoms with E-state index in [2.05, 4.69) is 5.32 Å². The minimum Gasteiger partial charge on any atom is -0.376 e. The van der Waals surface area contributed by atoms with Gasteiger partial charge in [0.15, 0.2) is 6.29 Å². The predicted octanol–water partition coefficient (Wildman–Crippen LogP) is 3.78. The lowest BCUT2D eigenvalue weighted by Crippen LogP contribution is -2.34. The van der Waals surface area contributed by atoms with Crippen LogP contribution in [0.2, 0.25) is 5.02 Å². The maximum absolute atomic E-state index is 12.9. The number of para-hydroxylation sites is 1. The normalized spacial score (nSPS) is 13.7. The van der Waals surface area contributed by atoms with Crippen LogP contribution < -0.4 is 5.32 Å². The Morgan fingerprint density at radius 1 is 1.21 bits per heavy atom. The van der Waals surface area contributed by atoms with Gasteiger partial charge in [0.1, 0.15) is 0 Å². The third-order valence-electron chi connectivity index (χ3n) is 2.56. The van der Waals surface area contributed by atoms with Crippen molar-refractivity contribution in [2.75, 3.05) is 19.5 Å². The zero-order valence-electron chi connectivity index (χ0n) is 10.7. The van der Waals surface area contributed by atoms with Crippen LogP contribution in [-0.2, 0) is 15.7 Å². The van der Waals surface area contributed by atoms with Gasteiger partial charge in [-0.3, -0.25) is 0 Å². The molecule has 1 aromatic rings. The molecule has 0 aliphatic heterocycles. The predicted molar refractivity (Wildman–Crippen MR) is 67.3 cm³/mol. The van der Waals surface area contributed by atoms with Gasteiger partial charge in [0, 0.05) is 14.2 Å². The second-order valence-electron chi connectivity index (χ2n) is 3.93. The molecular formula is C12H15ClF3NO2. The lowest BCUT2D eigenvalue weighted by molar-refractivity contribution is -0.137. The second kappa shape index (κ2) is 6.45. The third-order valence-corrected chi connectivity index (χ3v) is 2.88. The first-order chi connectivity index (χ1) is 8.81. The first-order valence-corrected chi connectivity index (χ1v) is 5.87. The van der Waals surface area contributed by atoms with Gasteiger partial charge in [0.25, 0.3) is 0 Å². The number of methoxy groups -OCH3 is 2. The first kappa shape index (κ1) is 16.1. The Labute approximate surface area is 114 Å². The molecule has 0 spiro atoms. The summed E-state index contributed by atoms with van der Waals surface area (Å²) < 4.78 is 48.6. The van der Waals surface area contributed by atoms with Crippen LogP contribution in [0.25, 0.3) is 0 Å². The van der Waals surface area contributed by atoms with Crippen molar-refractivity contribution in [3.63, 3.8) is 0 Å². The highest BCUT2D eigenvalue weighted by molar-refractivity contribution is 6.33. The van der Waals surface area contributed by atoms with Crippen LogP contribution in [0.3, 0.4) is 0 Å². The van der Waals surface area contributed by atoms with Gasteiger partial charge in [0.2, 0.25) is 0 Å². The van der Waals surface area contributed by atoms with E-state index in [-0.39, 0.29) is 10.7 Å². The number of anilines is 1. The van der Waals surface area contributed by atoms with Crippen molar-refractivity contribution in [2.24, 2.45) is 0 Å². The highest BCUT2D eigenvalue weighted by atomic mass is 35.5. The van der Waals surface area contributed by atoms with E-state index in [0.29, 0.717) is 0 Å². The van der Waals surface area contributed by atoms with E-state index < -0.39 is 24.1 Å². The van der Waals surface area contributed by atoms with E-state index >= 15 is 0 Å². The van der Waals surface area contributed by atoms with Crippen molar-refractivity contribution in [1.29, 1.82) is 0 Å². The minimum absolute atomic E-state index is 0.00682. The zero-order valence-corrected chi connectivity index (χ0v) is 11.5. The summed E-state index contributed by atoms with van der Waals surface area (Å²) in [5.74, 6) is 0. The molecule has 1 rings (SSSR count). The van der Waals surface area contributed by atoms with E-state index in [4.69, 9.17) is 21.1 Å². The number of hydrogen-bond acceptors (Lipinski definition) is 3. The molecule has 1 aromatic carbocycles. The molecule has 0 fully saturated rings. The molecule has 1 unspecified atom stereocenters. The summed E-state index contributed by atoms with van der Waals surface area (Å²) in [6.07, 6.45) is -5.17. The maximum atomic E-state index is 12.9. The lowest BCUT2D eigenvalue weighted by Gasteiger charge is -2.25. The summed E-state index contributed by atoms with van der Waals surface area (Å²) in [7, 11) is 2.81. The van der Waals surface area contributed by atoms with Gasteiger partial charge in [-0.1, -0.05) is 17.7 Å². The molecule has 1 N–H and O–H groups in total. The molecule has 0 saturated carbocycles.